The Bertz CT molecular complexity index is 1480. The van der Waals surface area contributed by atoms with Crippen molar-refractivity contribution in [2.45, 2.75) is 38.9 Å². The minimum absolute atomic E-state index is 0.357. The summed E-state index contributed by atoms with van der Waals surface area (Å²) >= 11 is 1.85. The zero-order chi connectivity index (χ0) is 22.1. The van der Waals surface area contributed by atoms with Crippen molar-refractivity contribution in [3.05, 3.63) is 78.9 Å². The van der Waals surface area contributed by atoms with Crippen LogP contribution < -0.4 is 5.46 Å². The van der Waals surface area contributed by atoms with Crippen LogP contribution in [-0.2, 0) is 9.31 Å². The normalized spacial score (nSPS) is 17.6. The fourth-order valence-corrected chi connectivity index (χ4v) is 6.02. The van der Waals surface area contributed by atoms with E-state index in [1.165, 1.54) is 42.1 Å². The van der Waals surface area contributed by atoms with Gasteiger partial charge in [-0.1, -0.05) is 78.9 Å². The van der Waals surface area contributed by atoms with E-state index in [1.807, 2.05) is 11.3 Å². The van der Waals surface area contributed by atoms with Gasteiger partial charge in [-0.25, -0.2) is 0 Å². The third-order valence-electron chi connectivity index (χ3n) is 7.14. The molecule has 1 fully saturated rings. The van der Waals surface area contributed by atoms with Crippen LogP contribution >= 0.6 is 11.3 Å². The summed E-state index contributed by atoms with van der Waals surface area (Å²) in [6.45, 7) is 8.43. The number of fused-ring (bicyclic) bond motifs is 4. The van der Waals surface area contributed by atoms with Gasteiger partial charge in [0, 0.05) is 25.8 Å². The Kier molecular flexibility index (Phi) is 4.32. The Hall–Kier alpha value is -2.66. The minimum Gasteiger partial charge on any atom is -0.399 e. The Labute approximate surface area is 192 Å². The molecule has 2 heterocycles. The standard InChI is InChI=1S/C28H25BO2S/c1-27(2)28(3,4)31-29(30-27)24-17-9-16-23-22-15-8-14-21(25(22)32-26(23)24)20-13-7-11-18-10-5-6-12-19(18)20/h5-17H,1-4H3. The van der Waals surface area contributed by atoms with E-state index in [0.29, 0.717) is 0 Å². The quantitative estimate of drug-likeness (QED) is 0.273. The highest BCUT2D eigenvalue weighted by Crippen LogP contribution is 2.42. The lowest BCUT2D eigenvalue weighted by Crippen LogP contribution is -2.41. The van der Waals surface area contributed by atoms with Crippen molar-refractivity contribution < 1.29 is 9.31 Å². The first-order valence-corrected chi connectivity index (χ1v) is 12.0. The molecule has 32 heavy (non-hydrogen) atoms. The first-order valence-electron chi connectivity index (χ1n) is 11.1. The molecule has 5 aromatic rings. The zero-order valence-corrected chi connectivity index (χ0v) is 19.6. The Morgan fingerprint density at radius 1 is 0.594 bits per heavy atom. The molecular weight excluding hydrogens is 411 g/mol. The third-order valence-corrected chi connectivity index (χ3v) is 8.45. The molecule has 0 atom stereocenters. The van der Waals surface area contributed by atoms with E-state index < -0.39 is 0 Å². The smallest absolute Gasteiger partial charge is 0.399 e. The summed E-state index contributed by atoms with van der Waals surface area (Å²) in [5, 5.41) is 5.10. The predicted octanol–water partition coefficient (Wildman–Crippen LogP) is 7.17. The monoisotopic (exact) mass is 436 g/mol. The summed E-state index contributed by atoms with van der Waals surface area (Å²) in [5.74, 6) is 0. The third kappa shape index (κ3) is 2.87. The summed E-state index contributed by atoms with van der Waals surface area (Å²) in [7, 11) is -0.363. The van der Waals surface area contributed by atoms with Crippen molar-refractivity contribution in [2.24, 2.45) is 0 Å². The van der Waals surface area contributed by atoms with Gasteiger partial charge in [0.25, 0.3) is 0 Å². The second-order valence-corrected chi connectivity index (χ2v) is 10.6. The number of hydrogen-bond donors (Lipinski definition) is 0. The van der Waals surface area contributed by atoms with Crippen LogP contribution in [0.5, 0.6) is 0 Å². The molecule has 0 spiro atoms. The van der Waals surface area contributed by atoms with Gasteiger partial charge in [0.1, 0.15) is 0 Å². The van der Waals surface area contributed by atoms with Crippen molar-refractivity contribution in [3.8, 4) is 11.1 Å². The molecule has 0 radical (unpaired) electrons. The fourth-order valence-electron chi connectivity index (χ4n) is 4.67. The van der Waals surface area contributed by atoms with E-state index in [4.69, 9.17) is 9.31 Å². The average molecular weight is 436 g/mol. The van der Waals surface area contributed by atoms with Gasteiger partial charge in [-0.3, -0.25) is 0 Å². The van der Waals surface area contributed by atoms with Gasteiger partial charge >= 0.3 is 7.12 Å². The molecule has 2 nitrogen and oxygen atoms in total. The summed E-state index contributed by atoms with van der Waals surface area (Å²) < 4.78 is 15.4. The molecular formula is C28H25BO2S. The molecule has 1 aromatic heterocycles. The first kappa shape index (κ1) is 20.0. The Morgan fingerprint density at radius 3 is 1.94 bits per heavy atom. The van der Waals surface area contributed by atoms with E-state index in [9.17, 15) is 0 Å². The number of thiophene rings is 1. The molecule has 158 valence electrons. The second-order valence-electron chi connectivity index (χ2n) is 9.62. The van der Waals surface area contributed by atoms with Crippen LogP contribution in [0.15, 0.2) is 78.9 Å². The van der Waals surface area contributed by atoms with E-state index >= 15 is 0 Å². The molecule has 0 aliphatic carbocycles. The van der Waals surface area contributed by atoms with Gasteiger partial charge in [0.05, 0.1) is 11.2 Å². The lowest BCUT2D eigenvalue weighted by atomic mass is 9.78. The maximum atomic E-state index is 6.41. The van der Waals surface area contributed by atoms with Gasteiger partial charge < -0.3 is 9.31 Å². The van der Waals surface area contributed by atoms with Crippen LogP contribution in [0.3, 0.4) is 0 Å². The van der Waals surface area contributed by atoms with E-state index in [2.05, 4.69) is 107 Å². The van der Waals surface area contributed by atoms with Gasteiger partial charge in [0.2, 0.25) is 0 Å². The first-order chi connectivity index (χ1) is 15.4. The molecule has 1 aliphatic heterocycles. The SMILES string of the molecule is CC1(C)OB(c2cccc3c2sc2c(-c4cccc5ccccc45)cccc23)OC1(C)C. The largest absolute Gasteiger partial charge is 0.496 e. The predicted molar refractivity (Wildman–Crippen MR) is 138 cm³/mol. The van der Waals surface area contributed by atoms with Gasteiger partial charge in [-0.2, -0.15) is 0 Å². The lowest BCUT2D eigenvalue weighted by molar-refractivity contribution is 0.00578. The van der Waals surface area contributed by atoms with E-state index in [0.717, 1.165) is 5.46 Å². The van der Waals surface area contributed by atoms with E-state index in [1.54, 1.807) is 0 Å². The molecule has 0 bridgehead atoms. The summed E-state index contributed by atoms with van der Waals surface area (Å²) in [6, 6.07) is 28.3. The van der Waals surface area contributed by atoms with Gasteiger partial charge in [0.15, 0.2) is 0 Å². The second kappa shape index (κ2) is 6.92. The van der Waals surface area contributed by atoms with Crippen LogP contribution in [0.25, 0.3) is 42.1 Å². The highest BCUT2D eigenvalue weighted by atomic mass is 32.1. The molecule has 1 saturated heterocycles. The van der Waals surface area contributed by atoms with E-state index in [-0.39, 0.29) is 18.3 Å². The zero-order valence-electron chi connectivity index (χ0n) is 18.8. The number of rotatable bonds is 2. The minimum atomic E-state index is -0.363. The average Bonchev–Trinajstić information content (AvgIpc) is 3.26. The molecule has 6 rings (SSSR count). The maximum absolute atomic E-state index is 6.41. The summed E-state index contributed by atoms with van der Waals surface area (Å²) in [6.07, 6.45) is 0. The lowest BCUT2D eigenvalue weighted by Gasteiger charge is -2.32. The molecule has 4 aromatic carbocycles. The van der Waals surface area contributed by atoms with Crippen LogP contribution in [0.1, 0.15) is 27.7 Å². The highest BCUT2D eigenvalue weighted by Gasteiger charge is 2.52. The molecule has 0 unspecified atom stereocenters. The Morgan fingerprint density at radius 2 is 1.16 bits per heavy atom. The van der Waals surface area contributed by atoms with Gasteiger partial charge in [-0.05, 0) is 49.4 Å². The van der Waals surface area contributed by atoms with Crippen molar-refractivity contribution in [3.63, 3.8) is 0 Å². The molecule has 1 aliphatic rings. The molecule has 0 amide bonds. The van der Waals surface area contributed by atoms with Crippen molar-refractivity contribution in [1.82, 2.24) is 0 Å². The highest BCUT2D eigenvalue weighted by molar-refractivity contribution is 7.27. The summed E-state index contributed by atoms with van der Waals surface area (Å²) in [5.41, 5.74) is 2.96. The van der Waals surface area contributed by atoms with Crippen LogP contribution in [0, 0.1) is 0 Å². The Balaban J connectivity index is 1.59. The maximum Gasteiger partial charge on any atom is 0.496 e. The van der Waals surface area contributed by atoms with Crippen LogP contribution in [0.2, 0.25) is 0 Å². The number of benzene rings is 4. The van der Waals surface area contributed by atoms with Gasteiger partial charge in [-0.15, -0.1) is 11.3 Å². The molecule has 0 saturated carbocycles. The van der Waals surface area contributed by atoms with Crippen LogP contribution in [-0.4, -0.2) is 18.3 Å². The molecule has 4 heteroatoms. The summed E-state index contributed by atoms with van der Waals surface area (Å²) in [4.78, 5) is 0. The van der Waals surface area contributed by atoms with Crippen molar-refractivity contribution in [1.29, 1.82) is 0 Å². The topological polar surface area (TPSA) is 18.5 Å². The van der Waals surface area contributed by atoms with Crippen molar-refractivity contribution >= 4 is 54.9 Å². The molecule has 0 N–H and O–H groups in total. The fraction of sp³-hybridized carbons (Fsp3) is 0.214. The number of hydrogen-bond acceptors (Lipinski definition) is 3. The van der Waals surface area contributed by atoms with Crippen molar-refractivity contribution in [2.75, 3.05) is 0 Å². The van der Waals surface area contributed by atoms with Crippen LogP contribution in [0.4, 0.5) is 0 Å².